The van der Waals surface area contributed by atoms with Gasteiger partial charge in [0.15, 0.2) is 0 Å². The number of benzene rings is 1. The van der Waals surface area contributed by atoms with Gasteiger partial charge in [-0.25, -0.2) is 9.69 Å². The van der Waals surface area contributed by atoms with Crippen molar-refractivity contribution in [2.75, 3.05) is 4.90 Å². The normalized spacial score (nSPS) is 15.4. The standard InChI is InChI=1S/C13H10INO4/c1-6-7(2)12(17)15(11(6)16)10-4-3-8(14)5-9(10)13(18)19/h3-5H,1-2H3,(H,18,19). The number of imide groups is 1. The Morgan fingerprint density at radius 1 is 1.16 bits per heavy atom. The Kier molecular flexibility index (Phi) is 3.44. The van der Waals surface area contributed by atoms with Crippen molar-refractivity contribution in [3.05, 3.63) is 38.5 Å². The van der Waals surface area contributed by atoms with Crippen LogP contribution in [0.3, 0.4) is 0 Å². The van der Waals surface area contributed by atoms with E-state index in [1.807, 2.05) is 22.6 Å². The summed E-state index contributed by atoms with van der Waals surface area (Å²) in [4.78, 5) is 36.2. The zero-order valence-corrected chi connectivity index (χ0v) is 12.4. The lowest BCUT2D eigenvalue weighted by atomic mass is 10.1. The van der Waals surface area contributed by atoms with Crippen LogP contribution in [-0.4, -0.2) is 22.9 Å². The number of carbonyl (C=O) groups excluding carboxylic acids is 2. The molecule has 0 atom stereocenters. The van der Waals surface area contributed by atoms with Gasteiger partial charge in [-0.05, 0) is 54.6 Å². The average molecular weight is 371 g/mol. The van der Waals surface area contributed by atoms with Crippen molar-refractivity contribution in [1.29, 1.82) is 0 Å². The number of carboxylic acids is 1. The molecule has 5 nitrogen and oxygen atoms in total. The molecule has 1 N–H and O–H groups in total. The molecule has 0 aromatic heterocycles. The van der Waals surface area contributed by atoms with Crippen LogP contribution in [0.5, 0.6) is 0 Å². The third kappa shape index (κ3) is 2.16. The summed E-state index contributed by atoms with van der Waals surface area (Å²) in [5, 5.41) is 9.19. The molecule has 0 saturated heterocycles. The molecule has 1 aliphatic rings. The fourth-order valence-corrected chi connectivity index (χ4v) is 2.33. The van der Waals surface area contributed by atoms with Crippen molar-refractivity contribution in [3.63, 3.8) is 0 Å². The molecule has 1 aliphatic heterocycles. The first-order valence-corrected chi connectivity index (χ1v) is 6.51. The lowest BCUT2D eigenvalue weighted by molar-refractivity contribution is -0.120. The molecular formula is C13H10INO4. The highest BCUT2D eigenvalue weighted by Crippen LogP contribution is 2.30. The van der Waals surface area contributed by atoms with Crippen LogP contribution in [-0.2, 0) is 9.59 Å². The van der Waals surface area contributed by atoms with E-state index >= 15 is 0 Å². The van der Waals surface area contributed by atoms with Gasteiger partial charge in [-0.2, -0.15) is 0 Å². The quantitative estimate of drug-likeness (QED) is 0.639. The van der Waals surface area contributed by atoms with Crippen molar-refractivity contribution in [1.82, 2.24) is 0 Å². The second kappa shape index (κ2) is 4.76. The maximum atomic E-state index is 12.0. The van der Waals surface area contributed by atoms with Gasteiger partial charge in [0, 0.05) is 14.7 Å². The number of hydrogen-bond acceptors (Lipinski definition) is 3. The second-order valence-corrected chi connectivity index (χ2v) is 5.41. The summed E-state index contributed by atoms with van der Waals surface area (Å²) in [6.07, 6.45) is 0. The molecule has 0 spiro atoms. The first kappa shape index (κ1) is 13.7. The second-order valence-electron chi connectivity index (χ2n) is 4.16. The van der Waals surface area contributed by atoms with E-state index in [2.05, 4.69) is 0 Å². The highest BCUT2D eigenvalue weighted by atomic mass is 127. The number of nitrogens with zero attached hydrogens (tertiary/aromatic N) is 1. The molecule has 0 saturated carbocycles. The summed E-state index contributed by atoms with van der Waals surface area (Å²) in [5.41, 5.74) is 0.745. The number of carboxylic acid groups (broad SMARTS) is 1. The van der Waals surface area contributed by atoms with E-state index in [9.17, 15) is 19.5 Å². The molecule has 1 heterocycles. The predicted molar refractivity (Wildman–Crippen MR) is 77.0 cm³/mol. The molecule has 2 amide bonds. The minimum Gasteiger partial charge on any atom is -0.478 e. The molecule has 0 unspecified atom stereocenters. The Hall–Kier alpha value is -1.70. The summed E-state index contributed by atoms with van der Waals surface area (Å²) in [6.45, 7) is 3.12. The van der Waals surface area contributed by atoms with Crippen LogP contribution in [0.4, 0.5) is 5.69 Å². The zero-order chi connectivity index (χ0) is 14.3. The monoisotopic (exact) mass is 371 g/mol. The van der Waals surface area contributed by atoms with Crippen molar-refractivity contribution >= 4 is 46.1 Å². The van der Waals surface area contributed by atoms with Gasteiger partial charge < -0.3 is 5.11 Å². The molecule has 1 aromatic carbocycles. The van der Waals surface area contributed by atoms with Gasteiger partial charge >= 0.3 is 5.97 Å². The lowest BCUT2D eigenvalue weighted by Gasteiger charge is -2.17. The number of rotatable bonds is 2. The highest BCUT2D eigenvalue weighted by Gasteiger charge is 2.36. The Balaban J connectivity index is 2.59. The van der Waals surface area contributed by atoms with Crippen LogP contribution in [0, 0.1) is 3.57 Å². The topological polar surface area (TPSA) is 74.7 Å². The van der Waals surface area contributed by atoms with Gasteiger partial charge in [0.2, 0.25) is 0 Å². The molecule has 19 heavy (non-hydrogen) atoms. The third-order valence-electron chi connectivity index (χ3n) is 3.04. The maximum Gasteiger partial charge on any atom is 0.337 e. The largest absolute Gasteiger partial charge is 0.478 e. The van der Waals surface area contributed by atoms with Gasteiger partial charge in [-0.15, -0.1) is 0 Å². The summed E-state index contributed by atoms with van der Waals surface area (Å²) in [6, 6.07) is 4.57. The molecule has 6 heteroatoms. The van der Waals surface area contributed by atoms with Gasteiger partial charge in [0.1, 0.15) is 0 Å². The zero-order valence-electron chi connectivity index (χ0n) is 10.2. The van der Waals surface area contributed by atoms with E-state index in [0.717, 1.165) is 8.47 Å². The number of halogens is 1. The summed E-state index contributed by atoms with van der Waals surface area (Å²) in [5.74, 6) is -2.10. The third-order valence-corrected chi connectivity index (χ3v) is 3.71. The average Bonchev–Trinajstić information content (AvgIpc) is 2.54. The van der Waals surface area contributed by atoms with Gasteiger partial charge in [-0.3, -0.25) is 9.59 Å². The summed E-state index contributed by atoms with van der Waals surface area (Å²) < 4.78 is 0.722. The molecule has 0 bridgehead atoms. The Morgan fingerprint density at radius 3 is 2.16 bits per heavy atom. The van der Waals surface area contributed by atoms with Crippen molar-refractivity contribution in [3.8, 4) is 0 Å². The van der Waals surface area contributed by atoms with E-state index < -0.39 is 17.8 Å². The molecule has 98 valence electrons. The number of anilines is 1. The molecule has 1 aromatic rings. The molecule has 0 fully saturated rings. The van der Waals surface area contributed by atoms with Crippen LogP contribution >= 0.6 is 22.6 Å². The van der Waals surface area contributed by atoms with Crippen LogP contribution in [0.1, 0.15) is 24.2 Å². The highest BCUT2D eigenvalue weighted by molar-refractivity contribution is 14.1. The minimum absolute atomic E-state index is 0.0592. The van der Waals surface area contributed by atoms with Crippen molar-refractivity contribution < 1.29 is 19.5 Å². The number of carbonyl (C=O) groups is 3. The van der Waals surface area contributed by atoms with E-state index in [0.29, 0.717) is 11.1 Å². The predicted octanol–water partition coefficient (Wildman–Crippen LogP) is 2.20. The SMILES string of the molecule is CC1=C(C)C(=O)N(c2ccc(I)cc2C(=O)O)C1=O. The van der Waals surface area contributed by atoms with Crippen LogP contribution in [0.15, 0.2) is 29.3 Å². The Bertz CT molecular complexity index is 624. The van der Waals surface area contributed by atoms with E-state index in [-0.39, 0.29) is 11.3 Å². The summed E-state index contributed by atoms with van der Waals surface area (Å²) in [7, 11) is 0. The van der Waals surface area contributed by atoms with Crippen LogP contribution < -0.4 is 4.90 Å². The molecule has 0 aliphatic carbocycles. The van der Waals surface area contributed by atoms with E-state index in [4.69, 9.17) is 0 Å². The number of aromatic carboxylic acids is 1. The minimum atomic E-state index is -1.17. The fraction of sp³-hybridized carbons (Fsp3) is 0.154. The van der Waals surface area contributed by atoms with Crippen molar-refractivity contribution in [2.45, 2.75) is 13.8 Å². The summed E-state index contributed by atoms with van der Waals surface area (Å²) >= 11 is 1.98. The first-order valence-electron chi connectivity index (χ1n) is 5.43. The fourth-order valence-electron chi connectivity index (χ4n) is 1.84. The molecule has 0 radical (unpaired) electrons. The van der Waals surface area contributed by atoms with Crippen molar-refractivity contribution in [2.24, 2.45) is 0 Å². The van der Waals surface area contributed by atoms with Gasteiger partial charge in [0.05, 0.1) is 11.3 Å². The van der Waals surface area contributed by atoms with E-state index in [1.54, 1.807) is 19.9 Å². The maximum absolute atomic E-state index is 12.0. The van der Waals surface area contributed by atoms with E-state index in [1.165, 1.54) is 12.1 Å². The molecule has 2 rings (SSSR count). The lowest BCUT2D eigenvalue weighted by Crippen LogP contribution is -2.32. The Morgan fingerprint density at radius 2 is 1.68 bits per heavy atom. The molecular weight excluding hydrogens is 361 g/mol. The smallest absolute Gasteiger partial charge is 0.337 e. The van der Waals surface area contributed by atoms with Gasteiger partial charge in [-0.1, -0.05) is 0 Å². The van der Waals surface area contributed by atoms with Crippen LogP contribution in [0.2, 0.25) is 0 Å². The number of hydrogen-bond donors (Lipinski definition) is 1. The Labute approximate surface area is 123 Å². The van der Waals surface area contributed by atoms with Crippen LogP contribution in [0.25, 0.3) is 0 Å². The number of amides is 2. The van der Waals surface area contributed by atoms with Gasteiger partial charge in [0.25, 0.3) is 11.8 Å². The first-order chi connectivity index (χ1) is 8.84.